The molecule has 0 bridgehead atoms. The highest BCUT2D eigenvalue weighted by Gasteiger charge is 2.15. The van der Waals surface area contributed by atoms with E-state index in [1.807, 2.05) is 6.92 Å². The molecule has 16 heavy (non-hydrogen) atoms. The van der Waals surface area contributed by atoms with Gasteiger partial charge in [0.25, 0.3) is 0 Å². The fraction of sp³-hybridized carbons (Fsp3) is 0.571. The van der Waals surface area contributed by atoms with Crippen molar-refractivity contribution in [2.45, 2.75) is 44.8 Å². The zero-order chi connectivity index (χ0) is 11.4. The Balaban J connectivity index is 1.93. The van der Waals surface area contributed by atoms with Crippen molar-refractivity contribution in [3.63, 3.8) is 0 Å². The summed E-state index contributed by atoms with van der Waals surface area (Å²) in [5.41, 5.74) is 2.72. The van der Waals surface area contributed by atoms with Crippen molar-refractivity contribution in [3.8, 4) is 0 Å². The van der Waals surface area contributed by atoms with Gasteiger partial charge in [0.05, 0.1) is 6.10 Å². The smallest absolute Gasteiger partial charge is 0.0515 e. The zero-order valence-corrected chi connectivity index (χ0v) is 9.95. The Kier molecular flexibility index (Phi) is 3.97. The number of nitrogens with one attached hydrogen (secondary N) is 1. The number of hydrogen-bond donors (Lipinski definition) is 2. The van der Waals surface area contributed by atoms with Gasteiger partial charge in [0.2, 0.25) is 0 Å². The van der Waals surface area contributed by atoms with E-state index in [-0.39, 0.29) is 6.10 Å². The summed E-state index contributed by atoms with van der Waals surface area (Å²) in [6, 6.07) is 9.39. The Hall–Kier alpha value is -0.860. The minimum absolute atomic E-state index is 0.198. The number of benzene rings is 1. The van der Waals surface area contributed by atoms with Gasteiger partial charge in [-0.2, -0.15) is 0 Å². The minimum atomic E-state index is -0.198. The van der Waals surface area contributed by atoms with E-state index in [0.717, 1.165) is 19.4 Å². The monoisotopic (exact) mass is 219 g/mol. The first-order chi connectivity index (χ1) is 7.75. The van der Waals surface area contributed by atoms with Crippen LogP contribution in [0.3, 0.4) is 0 Å². The second-order valence-electron chi connectivity index (χ2n) is 4.78. The van der Waals surface area contributed by atoms with Crippen LogP contribution in [0.25, 0.3) is 0 Å². The molecule has 1 aromatic rings. The molecular formula is C14H21NO. The Labute approximate surface area is 97.7 Å². The summed E-state index contributed by atoms with van der Waals surface area (Å²) >= 11 is 0. The largest absolute Gasteiger partial charge is 0.393 e. The summed E-state index contributed by atoms with van der Waals surface area (Å²) in [5, 5.41) is 12.7. The van der Waals surface area contributed by atoms with Crippen LogP contribution in [0.1, 0.15) is 43.4 Å². The number of aliphatic hydroxyl groups excluding tert-OH is 1. The van der Waals surface area contributed by atoms with E-state index in [4.69, 9.17) is 0 Å². The fourth-order valence-electron chi connectivity index (χ4n) is 2.26. The first-order valence-electron chi connectivity index (χ1n) is 6.26. The molecule has 1 aliphatic heterocycles. The summed E-state index contributed by atoms with van der Waals surface area (Å²) in [7, 11) is 0. The molecule has 0 spiro atoms. The van der Waals surface area contributed by atoms with Crippen molar-refractivity contribution in [1.82, 2.24) is 5.32 Å². The van der Waals surface area contributed by atoms with E-state index in [2.05, 4.69) is 29.6 Å². The van der Waals surface area contributed by atoms with Gasteiger partial charge in [0.15, 0.2) is 0 Å². The van der Waals surface area contributed by atoms with Crippen LogP contribution in [-0.4, -0.2) is 17.8 Å². The Morgan fingerprint density at radius 1 is 1.38 bits per heavy atom. The molecule has 0 amide bonds. The molecule has 1 heterocycles. The lowest BCUT2D eigenvalue weighted by Gasteiger charge is -2.11. The van der Waals surface area contributed by atoms with E-state index >= 15 is 0 Å². The van der Waals surface area contributed by atoms with E-state index in [1.165, 1.54) is 24.0 Å². The maximum atomic E-state index is 9.23. The molecule has 2 atom stereocenters. The zero-order valence-electron chi connectivity index (χ0n) is 9.95. The SMILES string of the molecule is CC(O)CCc1ccc(C2CCCN2)cc1. The molecular weight excluding hydrogens is 198 g/mol. The number of rotatable bonds is 4. The van der Waals surface area contributed by atoms with E-state index < -0.39 is 0 Å². The molecule has 1 fully saturated rings. The highest BCUT2D eigenvalue weighted by atomic mass is 16.3. The van der Waals surface area contributed by atoms with Crippen molar-refractivity contribution in [3.05, 3.63) is 35.4 Å². The highest BCUT2D eigenvalue weighted by Crippen LogP contribution is 2.23. The van der Waals surface area contributed by atoms with Gasteiger partial charge in [0.1, 0.15) is 0 Å². The molecule has 1 saturated heterocycles. The summed E-state index contributed by atoms with van der Waals surface area (Å²) in [6.07, 6.45) is 4.16. The van der Waals surface area contributed by atoms with Crippen molar-refractivity contribution < 1.29 is 5.11 Å². The minimum Gasteiger partial charge on any atom is -0.393 e. The van der Waals surface area contributed by atoms with E-state index in [1.54, 1.807) is 0 Å². The molecule has 2 heteroatoms. The Bertz CT molecular complexity index is 312. The lowest BCUT2D eigenvalue weighted by atomic mass is 10.0. The van der Waals surface area contributed by atoms with Gasteiger partial charge in [-0.15, -0.1) is 0 Å². The summed E-state index contributed by atoms with van der Waals surface area (Å²) in [4.78, 5) is 0. The van der Waals surface area contributed by atoms with Crippen LogP contribution >= 0.6 is 0 Å². The van der Waals surface area contributed by atoms with Gasteiger partial charge >= 0.3 is 0 Å². The lowest BCUT2D eigenvalue weighted by Crippen LogP contribution is -2.12. The molecule has 2 nitrogen and oxygen atoms in total. The third-order valence-corrected chi connectivity index (χ3v) is 3.29. The van der Waals surface area contributed by atoms with Gasteiger partial charge < -0.3 is 10.4 Å². The molecule has 1 aromatic carbocycles. The molecule has 2 rings (SSSR count). The fourth-order valence-corrected chi connectivity index (χ4v) is 2.26. The van der Waals surface area contributed by atoms with Crippen LogP contribution in [0.2, 0.25) is 0 Å². The van der Waals surface area contributed by atoms with Crippen molar-refractivity contribution >= 4 is 0 Å². The Morgan fingerprint density at radius 3 is 2.69 bits per heavy atom. The molecule has 0 aromatic heterocycles. The first-order valence-corrected chi connectivity index (χ1v) is 6.26. The summed E-state index contributed by atoms with van der Waals surface area (Å²) < 4.78 is 0. The second-order valence-corrected chi connectivity index (χ2v) is 4.78. The van der Waals surface area contributed by atoms with Crippen LogP contribution in [0.15, 0.2) is 24.3 Å². The third kappa shape index (κ3) is 3.06. The lowest BCUT2D eigenvalue weighted by molar-refractivity contribution is 0.185. The molecule has 0 aliphatic carbocycles. The average molecular weight is 219 g/mol. The van der Waals surface area contributed by atoms with Crippen molar-refractivity contribution in [2.24, 2.45) is 0 Å². The topological polar surface area (TPSA) is 32.3 Å². The molecule has 0 saturated carbocycles. The summed E-state index contributed by atoms with van der Waals surface area (Å²) in [6.45, 7) is 2.99. The standard InChI is InChI=1S/C14H21NO/c1-11(16)4-5-12-6-8-13(9-7-12)14-3-2-10-15-14/h6-9,11,14-16H,2-5,10H2,1H3. The quantitative estimate of drug-likeness (QED) is 0.815. The first kappa shape index (κ1) is 11.6. The van der Waals surface area contributed by atoms with Gasteiger partial charge in [0, 0.05) is 6.04 Å². The molecule has 0 radical (unpaired) electrons. The molecule has 1 aliphatic rings. The number of aryl methyl sites for hydroxylation is 1. The molecule has 88 valence electrons. The highest BCUT2D eigenvalue weighted by molar-refractivity contribution is 5.25. The number of hydrogen-bond acceptors (Lipinski definition) is 2. The van der Waals surface area contributed by atoms with Gasteiger partial charge in [-0.05, 0) is 50.3 Å². The van der Waals surface area contributed by atoms with Crippen molar-refractivity contribution in [1.29, 1.82) is 0 Å². The second kappa shape index (κ2) is 5.46. The summed E-state index contributed by atoms with van der Waals surface area (Å²) in [5.74, 6) is 0. The average Bonchev–Trinajstić information content (AvgIpc) is 2.80. The predicted octanol–water partition coefficient (Wildman–Crippen LogP) is 2.42. The third-order valence-electron chi connectivity index (χ3n) is 3.29. The van der Waals surface area contributed by atoms with Crippen LogP contribution in [0, 0.1) is 0 Å². The molecule has 2 N–H and O–H groups in total. The van der Waals surface area contributed by atoms with Gasteiger partial charge in [-0.25, -0.2) is 0 Å². The molecule has 2 unspecified atom stereocenters. The van der Waals surface area contributed by atoms with Crippen LogP contribution in [-0.2, 0) is 6.42 Å². The van der Waals surface area contributed by atoms with Gasteiger partial charge in [-0.3, -0.25) is 0 Å². The van der Waals surface area contributed by atoms with Gasteiger partial charge in [-0.1, -0.05) is 24.3 Å². The van der Waals surface area contributed by atoms with E-state index in [0.29, 0.717) is 6.04 Å². The van der Waals surface area contributed by atoms with Crippen LogP contribution < -0.4 is 5.32 Å². The van der Waals surface area contributed by atoms with Crippen molar-refractivity contribution in [2.75, 3.05) is 6.54 Å². The van der Waals surface area contributed by atoms with Crippen LogP contribution in [0.4, 0.5) is 0 Å². The normalized spacial score (nSPS) is 22.2. The number of aliphatic hydroxyl groups is 1. The van der Waals surface area contributed by atoms with E-state index in [9.17, 15) is 5.11 Å². The Morgan fingerprint density at radius 2 is 2.12 bits per heavy atom. The maximum Gasteiger partial charge on any atom is 0.0515 e. The predicted molar refractivity (Wildman–Crippen MR) is 66.4 cm³/mol. The maximum absolute atomic E-state index is 9.23. The van der Waals surface area contributed by atoms with Crippen LogP contribution in [0.5, 0.6) is 0 Å².